The summed E-state index contributed by atoms with van der Waals surface area (Å²) in [5.74, 6) is 0.600. The molecule has 9 heteroatoms. The number of hydrogen-bond acceptors (Lipinski definition) is 6. The van der Waals surface area contributed by atoms with Gasteiger partial charge in [0.2, 0.25) is 0 Å². The molecule has 4 heterocycles. The van der Waals surface area contributed by atoms with E-state index in [0.29, 0.717) is 40.2 Å². The largest absolute Gasteiger partial charge is 0.463 e. The number of rotatable bonds is 4. The van der Waals surface area contributed by atoms with Crippen molar-refractivity contribution in [3.63, 3.8) is 0 Å². The van der Waals surface area contributed by atoms with Crippen molar-refractivity contribution >= 4 is 26.8 Å². The molecule has 1 unspecified atom stereocenters. The maximum Gasteiger partial charge on any atom is 0.252 e. The highest BCUT2D eigenvalue weighted by Gasteiger charge is 2.32. The van der Waals surface area contributed by atoms with Gasteiger partial charge in [-0.3, -0.25) is 4.79 Å². The summed E-state index contributed by atoms with van der Waals surface area (Å²) in [5, 5.41) is 8.55. The van der Waals surface area contributed by atoms with Gasteiger partial charge in [0, 0.05) is 6.04 Å². The molecule has 1 aliphatic heterocycles. The molecule has 32 heavy (non-hydrogen) atoms. The van der Waals surface area contributed by atoms with Crippen LogP contribution in [0, 0.1) is 6.92 Å². The number of amides is 1. The summed E-state index contributed by atoms with van der Waals surface area (Å²) in [6.45, 7) is 1.85. The van der Waals surface area contributed by atoms with Crippen molar-refractivity contribution in [2.75, 3.05) is 11.5 Å². The molecule has 1 N–H and O–H groups in total. The minimum absolute atomic E-state index is 0.0412. The summed E-state index contributed by atoms with van der Waals surface area (Å²) in [6, 6.07) is 5.22. The van der Waals surface area contributed by atoms with Crippen LogP contribution in [0.1, 0.15) is 67.0 Å². The number of carbonyl (C=O) groups excluding carboxylic acids is 1. The van der Waals surface area contributed by atoms with E-state index < -0.39 is 9.84 Å². The quantitative estimate of drug-likeness (QED) is 0.598. The van der Waals surface area contributed by atoms with Gasteiger partial charge in [0.15, 0.2) is 21.2 Å². The van der Waals surface area contributed by atoms with E-state index >= 15 is 0 Å². The average Bonchev–Trinajstić information content (AvgIpc) is 3.44. The Morgan fingerprint density at radius 1 is 1.19 bits per heavy atom. The number of aryl methyl sites for hydroxylation is 1. The molecule has 2 fully saturated rings. The minimum atomic E-state index is -3.09. The second kappa shape index (κ2) is 8.35. The van der Waals surface area contributed by atoms with Crippen molar-refractivity contribution in [3.8, 4) is 11.5 Å². The number of fused-ring (bicyclic) bond motifs is 1. The van der Waals surface area contributed by atoms with Crippen molar-refractivity contribution in [1.82, 2.24) is 20.1 Å². The van der Waals surface area contributed by atoms with Gasteiger partial charge in [0.05, 0.1) is 40.5 Å². The van der Waals surface area contributed by atoms with E-state index in [1.807, 2.05) is 6.92 Å². The molecule has 0 aromatic carbocycles. The molecule has 5 rings (SSSR count). The van der Waals surface area contributed by atoms with Crippen LogP contribution in [-0.4, -0.2) is 46.6 Å². The van der Waals surface area contributed by atoms with Crippen LogP contribution in [0.3, 0.4) is 0 Å². The second-order valence-electron chi connectivity index (χ2n) is 8.98. The molecule has 3 aromatic rings. The third kappa shape index (κ3) is 4.05. The second-order valence-corrected chi connectivity index (χ2v) is 11.2. The third-order valence-corrected chi connectivity index (χ3v) is 8.35. The number of sulfone groups is 1. The smallest absolute Gasteiger partial charge is 0.252 e. The summed E-state index contributed by atoms with van der Waals surface area (Å²) >= 11 is 0. The van der Waals surface area contributed by atoms with Crippen molar-refractivity contribution < 1.29 is 17.6 Å². The molecule has 2 aliphatic rings. The van der Waals surface area contributed by atoms with Crippen molar-refractivity contribution in [2.24, 2.45) is 0 Å². The van der Waals surface area contributed by atoms with Crippen LogP contribution in [-0.2, 0) is 9.84 Å². The van der Waals surface area contributed by atoms with E-state index in [0.717, 1.165) is 25.7 Å². The fourth-order valence-corrected chi connectivity index (χ4v) is 6.64. The van der Waals surface area contributed by atoms with Crippen LogP contribution in [0.5, 0.6) is 0 Å². The summed E-state index contributed by atoms with van der Waals surface area (Å²) in [7, 11) is -3.09. The first-order chi connectivity index (χ1) is 15.4. The monoisotopic (exact) mass is 456 g/mol. The summed E-state index contributed by atoms with van der Waals surface area (Å²) in [4.78, 5) is 18.2. The standard InChI is InChI=1S/C23H28N4O4S/c1-15-21-18(23(28)24-16-7-4-2-3-5-8-16)13-19(20-9-6-11-31-20)25-22(21)27(26-15)17-10-12-32(29,30)14-17/h6,9,11,13,16-17H,2-5,7-8,10,12,14H2,1H3,(H,24,28). The van der Waals surface area contributed by atoms with E-state index in [9.17, 15) is 13.2 Å². The Morgan fingerprint density at radius 2 is 1.97 bits per heavy atom. The van der Waals surface area contributed by atoms with Crippen LogP contribution >= 0.6 is 0 Å². The SMILES string of the molecule is Cc1nn(C2CCS(=O)(=O)C2)c2nc(-c3ccco3)cc(C(=O)NC3CCCCCC3)c12. The number of carbonyl (C=O) groups is 1. The Morgan fingerprint density at radius 3 is 2.62 bits per heavy atom. The zero-order chi connectivity index (χ0) is 22.3. The number of nitrogens with one attached hydrogen (secondary N) is 1. The number of pyridine rings is 1. The molecule has 1 saturated carbocycles. The summed E-state index contributed by atoms with van der Waals surface area (Å²) in [5.41, 5.74) is 2.25. The van der Waals surface area contributed by atoms with Gasteiger partial charge in [0.1, 0.15) is 5.69 Å². The molecule has 1 atom stereocenters. The Hall–Kier alpha value is -2.68. The van der Waals surface area contributed by atoms with E-state index in [1.165, 1.54) is 12.8 Å². The lowest BCUT2D eigenvalue weighted by atomic mass is 10.1. The molecular weight excluding hydrogens is 428 g/mol. The Labute approximate surface area is 187 Å². The summed E-state index contributed by atoms with van der Waals surface area (Å²) in [6.07, 6.45) is 8.72. The zero-order valence-corrected chi connectivity index (χ0v) is 19.0. The predicted octanol–water partition coefficient (Wildman–Crippen LogP) is 3.81. The Kier molecular flexibility index (Phi) is 5.53. The minimum Gasteiger partial charge on any atom is -0.463 e. The Balaban J connectivity index is 1.60. The van der Waals surface area contributed by atoms with Gasteiger partial charge in [-0.15, -0.1) is 0 Å². The van der Waals surface area contributed by atoms with Crippen LogP contribution in [0.4, 0.5) is 0 Å². The predicted molar refractivity (Wildman–Crippen MR) is 121 cm³/mol. The molecule has 0 spiro atoms. The van der Waals surface area contributed by atoms with Gasteiger partial charge < -0.3 is 9.73 Å². The molecule has 3 aromatic heterocycles. The van der Waals surface area contributed by atoms with E-state index in [2.05, 4.69) is 10.4 Å². The molecule has 1 aliphatic carbocycles. The van der Waals surface area contributed by atoms with Gasteiger partial charge in [-0.25, -0.2) is 18.1 Å². The molecule has 8 nitrogen and oxygen atoms in total. The molecule has 0 bridgehead atoms. The molecule has 1 saturated heterocycles. The van der Waals surface area contributed by atoms with Crippen LogP contribution in [0.15, 0.2) is 28.9 Å². The molecule has 0 radical (unpaired) electrons. The highest BCUT2D eigenvalue weighted by atomic mass is 32.2. The number of hydrogen-bond donors (Lipinski definition) is 1. The van der Waals surface area contributed by atoms with E-state index in [-0.39, 0.29) is 29.5 Å². The highest BCUT2D eigenvalue weighted by molar-refractivity contribution is 7.91. The molecular formula is C23H28N4O4S. The van der Waals surface area contributed by atoms with E-state index in [4.69, 9.17) is 9.40 Å². The maximum atomic E-state index is 13.4. The summed E-state index contributed by atoms with van der Waals surface area (Å²) < 4.78 is 31.4. The first-order valence-corrected chi connectivity index (χ1v) is 13.2. The Bertz CT molecular complexity index is 1240. The lowest BCUT2D eigenvalue weighted by Gasteiger charge is -2.17. The fourth-order valence-electron chi connectivity index (χ4n) is 4.95. The van der Waals surface area contributed by atoms with Gasteiger partial charge in [0.25, 0.3) is 5.91 Å². The van der Waals surface area contributed by atoms with Gasteiger partial charge >= 0.3 is 0 Å². The number of aromatic nitrogens is 3. The van der Waals surface area contributed by atoms with Crippen molar-refractivity contribution in [1.29, 1.82) is 0 Å². The maximum absolute atomic E-state index is 13.4. The highest BCUT2D eigenvalue weighted by Crippen LogP contribution is 2.32. The lowest BCUT2D eigenvalue weighted by molar-refractivity contribution is 0.0935. The fraction of sp³-hybridized carbons (Fsp3) is 0.522. The van der Waals surface area contributed by atoms with Gasteiger partial charge in [-0.2, -0.15) is 5.10 Å². The first-order valence-electron chi connectivity index (χ1n) is 11.4. The third-order valence-electron chi connectivity index (χ3n) is 6.60. The normalized spacial score (nSPS) is 21.6. The van der Waals surface area contributed by atoms with Crippen LogP contribution in [0.2, 0.25) is 0 Å². The first kappa shape index (κ1) is 21.2. The lowest BCUT2D eigenvalue weighted by Crippen LogP contribution is -2.34. The van der Waals surface area contributed by atoms with Crippen LogP contribution < -0.4 is 5.32 Å². The zero-order valence-electron chi connectivity index (χ0n) is 18.2. The van der Waals surface area contributed by atoms with Crippen molar-refractivity contribution in [3.05, 3.63) is 35.7 Å². The number of furan rings is 1. The topological polar surface area (TPSA) is 107 Å². The number of nitrogens with zero attached hydrogens (tertiary/aromatic N) is 3. The molecule has 1 amide bonds. The van der Waals surface area contributed by atoms with Crippen LogP contribution in [0.25, 0.3) is 22.5 Å². The average molecular weight is 457 g/mol. The van der Waals surface area contributed by atoms with E-state index in [1.54, 1.807) is 29.1 Å². The van der Waals surface area contributed by atoms with Crippen molar-refractivity contribution in [2.45, 2.75) is 64.0 Å². The molecule has 170 valence electrons. The van der Waals surface area contributed by atoms with Gasteiger partial charge in [-0.05, 0) is 44.4 Å². The van der Waals surface area contributed by atoms with Gasteiger partial charge in [-0.1, -0.05) is 25.7 Å².